The number of hydrogen-bond donors (Lipinski definition) is 2. The van der Waals surface area contributed by atoms with E-state index in [4.69, 9.17) is 4.74 Å². The number of aryl methyl sites for hydroxylation is 3. The van der Waals surface area contributed by atoms with Crippen molar-refractivity contribution in [1.82, 2.24) is 0 Å². The van der Waals surface area contributed by atoms with E-state index in [0.29, 0.717) is 28.4 Å². The van der Waals surface area contributed by atoms with E-state index in [1.54, 1.807) is 49.4 Å². The number of benzene rings is 4. The summed E-state index contributed by atoms with van der Waals surface area (Å²) in [6.45, 7) is 5.43. The number of anilines is 2. The zero-order chi connectivity index (χ0) is 25.0. The van der Waals surface area contributed by atoms with E-state index in [9.17, 15) is 13.2 Å². The predicted octanol–water partition coefficient (Wildman–Crippen LogP) is 6.46. The highest BCUT2D eigenvalue weighted by Crippen LogP contribution is 2.25. The first-order chi connectivity index (χ1) is 16.7. The minimum atomic E-state index is -3.89. The molecule has 35 heavy (non-hydrogen) atoms. The first kappa shape index (κ1) is 24.0. The number of amides is 1. The van der Waals surface area contributed by atoms with E-state index in [-0.39, 0.29) is 10.5 Å². The van der Waals surface area contributed by atoms with Crippen LogP contribution in [0.25, 0.3) is 0 Å². The summed E-state index contributed by atoms with van der Waals surface area (Å²) >= 11 is 0. The van der Waals surface area contributed by atoms with Crippen molar-refractivity contribution in [3.63, 3.8) is 0 Å². The van der Waals surface area contributed by atoms with Crippen molar-refractivity contribution in [1.29, 1.82) is 0 Å². The Labute approximate surface area is 205 Å². The maximum atomic E-state index is 13.1. The summed E-state index contributed by atoms with van der Waals surface area (Å²) in [6, 6.07) is 26.5. The molecular formula is C28H26N2O4S. The van der Waals surface area contributed by atoms with Crippen molar-refractivity contribution >= 4 is 27.3 Å². The van der Waals surface area contributed by atoms with E-state index in [2.05, 4.69) is 10.0 Å². The number of nitrogens with one attached hydrogen (secondary N) is 2. The third-order valence-electron chi connectivity index (χ3n) is 5.47. The van der Waals surface area contributed by atoms with Gasteiger partial charge in [-0.05, 0) is 92.1 Å². The Morgan fingerprint density at radius 3 is 2.11 bits per heavy atom. The van der Waals surface area contributed by atoms with Crippen LogP contribution in [0.3, 0.4) is 0 Å². The van der Waals surface area contributed by atoms with Crippen molar-refractivity contribution < 1.29 is 17.9 Å². The quantitative estimate of drug-likeness (QED) is 0.314. The number of carbonyl (C=O) groups is 1. The fraction of sp³-hybridized carbons (Fsp3) is 0.107. The highest BCUT2D eigenvalue weighted by atomic mass is 32.2. The van der Waals surface area contributed by atoms with E-state index >= 15 is 0 Å². The zero-order valence-electron chi connectivity index (χ0n) is 19.7. The molecule has 0 fully saturated rings. The SMILES string of the molecule is Cc1ccc(C)c(NS(=O)(=O)c2cc(C(=O)Nc3ccc(Oc4ccccc4)cc3)ccc2C)c1. The van der Waals surface area contributed by atoms with E-state index in [1.807, 2.05) is 56.3 Å². The highest BCUT2D eigenvalue weighted by Gasteiger charge is 2.20. The largest absolute Gasteiger partial charge is 0.457 e. The molecule has 0 saturated heterocycles. The molecule has 0 saturated carbocycles. The Kier molecular flexibility index (Phi) is 6.89. The van der Waals surface area contributed by atoms with Crippen molar-refractivity contribution in [2.24, 2.45) is 0 Å². The second-order valence-corrected chi connectivity index (χ2v) is 9.95. The molecule has 2 N–H and O–H groups in total. The predicted molar refractivity (Wildman–Crippen MR) is 139 cm³/mol. The molecule has 0 bridgehead atoms. The van der Waals surface area contributed by atoms with Crippen LogP contribution < -0.4 is 14.8 Å². The molecule has 0 heterocycles. The van der Waals surface area contributed by atoms with Gasteiger partial charge in [-0.25, -0.2) is 8.42 Å². The molecule has 0 aliphatic rings. The molecule has 0 atom stereocenters. The lowest BCUT2D eigenvalue weighted by molar-refractivity contribution is 0.102. The summed E-state index contributed by atoms with van der Waals surface area (Å²) in [5.74, 6) is 0.937. The molecular weight excluding hydrogens is 460 g/mol. The second kappa shape index (κ2) is 10.0. The standard InChI is InChI=1S/C28H26N2O4S/c1-19-9-10-20(2)26(17-19)30-35(32,33)27-18-22(12-11-21(27)3)28(31)29-23-13-15-25(16-14-23)34-24-7-5-4-6-8-24/h4-18,30H,1-3H3,(H,29,31). The third kappa shape index (κ3) is 5.88. The Hall–Kier alpha value is -4.10. The Morgan fingerprint density at radius 2 is 1.40 bits per heavy atom. The molecule has 178 valence electrons. The lowest BCUT2D eigenvalue weighted by Crippen LogP contribution is -2.17. The highest BCUT2D eigenvalue weighted by molar-refractivity contribution is 7.92. The van der Waals surface area contributed by atoms with Gasteiger partial charge in [-0.2, -0.15) is 0 Å². The summed E-state index contributed by atoms with van der Waals surface area (Å²) in [7, 11) is -3.89. The molecule has 6 nitrogen and oxygen atoms in total. The first-order valence-electron chi connectivity index (χ1n) is 11.1. The van der Waals surface area contributed by atoms with Crippen LogP contribution in [0, 0.1) is 20.8 Å². The fourth-order valence-electron chi connectivity index (χ4n) is 3.51. The molecule has 0 aromatic heterocycles. The number of sulfonamides is 1. The Balaban J connectivity index is 1.51. The van der Waals surface area contributed by atoms with Crippen LogP contribution in [0.4, 0.5) is 11.4 Å². The van der Waals surface area contributed by atoms with Gasteiger partial charge in [-0.15, -0.1) is 0 Å². The van der Waals surface area contributed by atoms with Crippen LogP contribution in [0.1, 0.15) is 27.0 Å². The second-order valence-electron chi connectivity index (χ2n) is 8.30. The van der Waals surface area contributed by atoms with Crippen LogP contribution in [0.2, 0.25) is 0 Å². The number of rotatable bonds is 7. The first-order valence-corrected chi connectivity index (χ1v) is 12.5. The van der Waals surface area contributed by atoms with E-state index in [0.717, 1.165) is 11.1 Å². The van der Waals surface area contributed by atoms with Gasteiger partial charge >= 0.3 is 0 Å². The number of hydrogen-bond acceptors (Lipinski definition) is 4. The van der Waals surface area contributed by atoms with Gasteiger partial charge in [0.25, 0.3) is 15.9 Å². The average molecular weight is 487 g/mol. The van der Waals surface area contributed by atoms with Gasteiger partial charge in [0.1, 0.15) is 11.5 Å². The normalized spacial score (nSPS) is 11.1. The lowest BCUT2D eigenvalue weighted by Gasteiger charge is -2.14. The van der Waals surface area contributed by atoms with Gasteiger partial charge in [-0.1, -0.05) is 36.4 Å². The lowest BCUT2D eigenvalue weighted by atomic mass is 10.1. The van der Waals surface area contributed by atoms with Crippen molar-refractivity contribution in [2.45, 2.75) is 25.7 Å². The van der Waals surface area contributed by atoms with Crippen LogP contribution in [0.5, 0.6) is 11.5 Å². The third-order valence-corrected chi connectivity index (χ3v) is 6.98. The van der Waals surface area contributed by atoms with Gasteiger partial charge < -0.3 is 10.1 Å². The molecule has 0 aliphatic heterocycles. The topological polar surface area (TPSA) is 84.5 Å². The van der Waals surface area contributed by atoms with Gasteiger partial charge in [0.05, 0.1) is 10.6 Å². The summed E-state index contributed by atoms with van der Waals surface area (Å²) in [5, 5.41) is 2.80. The summed E-state index contributed by atoms with van der Waals surface area (Å²) < 4.78 is 34.7. The number of para-hydroxylation sites is 1. The Morgan fingerprint density at radius 1 is 0.743 bits per heavy atom. The van der Waals surface area contributed by atoms with Gasteiger partial charge in [-0.3, -0.25) is 9.52 Å². The van der Waals surface area contributed by atoms with Gasteiger partial charge in [0.15, 0.2) is 0 Å². The zero-order valence-corrected chi connectivity index (χ0v) is 20.5. The number of carbonyl (C=O) groups excluding carboxylic acids is 1. The molecule has 4 rings (SSSR count). The molecule has 0 radical (unpaired) electrons. The molecule has 4 aromatic carbocycles. The molecule has 7 heteroatoms. The Bertz CT molecular complexity index is 1470. The van der Waals surface area contributed by atoms with E-state index in [1.165, 1.54) is 6.07 Å². The van der Waals surface area contributed by atoms with Crippen LogP contribution >= 0.6 is 0 Å². The molecule has 4 aromatic rings. The minimum Gasteiger partial charge on any atom is -0.457 e. The maximum Gasteiger partial charge on any atom is 0.262 e. The minimum absolute atomic E-state index is 0.0534. The molecule has 0 spiro atoms. The maximum absolute atomic E-state index is 13.1. The number of ether oxygens (including phenoxy) is 1. The fourth-order valence-corrected chi connectivity index (χ4v) is 4.90. The molecule has 0 unspecified atom stereocenters. The average Bonchev–Trinajstić information content (AvgIpc) is 2.83. The van der Waals surface area contributed by atoms with Crippen LogP contribution in [-0.4, -0.2) is 14.3 Å². The van der Waals surface area contributed by atoms with Crippen molar-refractivity contribution in [3.05, 3.63) is 113 Å². The van der Waals surface area contributed by atoms with Gasteiger partial charge in [0, 0.05) is 11.3 Å². The monoisotopic (exact) mass is 486 g/mol. The van der Waals surface area contributed by atoms with Crippen molar-refractivity contribution in [3.8, 4) is 11.5 Å². The van der Waals surface area contributed by atoms with Crippen LogP contribution in [-0.2, 0) is 10.0 Å². The van der Waals surface area contributed by atoms with Crippen LogP contribution in [0.15, 0.2) is 95.9 Å². The summed E-state index contributed by atoms with van der Waals surface area (Å²) in [4.78, 5) is 12.9. The molecule has 1 amide bonds. The van der Waals surface area contributed by atoms with Gasteiger partial charge in [0.2, 0.25) is 0 Å². The van der Waals surface area contributed by atoms with Crippen molar-refractivity contribution in [2.75, 3.05) is 10.0 Å². The molecule has 0 aliphatic carbocycles. The smallest absolute Gasteiger partial charge is 0.262 e. The van der Waals surface area contributed by atoms with E-state index < -0.39 is 15.9 Å². The summed E-state index contributed by atoms with van der Waals surface area (Å²) in [5.41, 5.74) is 3.61. The summed E-state index contributed by atoms with van der Waals surface area (Å²) in [6.07, 6.45) is 0.